The molecule has 174 valence electrons. The molecule has 9 heteroatoms. The predicted octanol–water partition coefficient (Wildman–Crippen LogP) is 1.65. The maximum atomic E-state index is 12.6. The molecule has 1 amide bonds. The molecule has 0 saturated heterocycles. The van der Waals surface area contributed by atoms with Crippen LogP contribution in [0.25, 0.3) is 11.0 Å². The molecule has 0 fully saturated rings. The maximum Gasteiger partial charge on any atom is 0.269 e. The lowest BCUT2D eigenvalue weighted by Gasteiger charge is -2.14. The summed E-state index contributed by atoms with van der Waals surface area (Å²) in [7, 11) is 1.00. The molecule has 1 atom stereocenters. The second-order valence-corrected chi connectivity index (χ2v) is 7.15. The smallest absolute Gasteiger partial charge is 0.269 e. The van der Waals surface area contributed by atoms with Crippen LogP contribution in [0.5, 0.6) is 0 Å². The van der Waals surface area contributed by atoms with Crippen LogP contribution in [0.4, 0.5) is 0 Å². The number of hydrogen-bond donors (Lipinski definition) is 3. The zero-order chi connectivity index (χ0) is 24.2. The van der Waals surface area contributed by atoms with Crippen molar-refractivity contribution in [3.63, 3.8) is 0 Å². The number of carbonyl (C=O) groups is 2. The molecule has 0 bridgehead atoms. The number of aromatic nitrogens is 4. The number of aliphatic hydroxyl groups is 1. The average molecular weight is 452 g/mol. The second-order valence-electron chi connectivity index (χ2n) is 7.15. The molecule has 0 aliphatic carbocycles. The minimum absolute atomic E-state index is 0.193. The SMILES string of the molecule is CCc1cccnc(C[C@H](C=O)NC(=O)Cn2c(=O)cnc3ccccc32)[nH]c(C)c1.CO. The fraction of sp³-hybridized carbons (Fsp3) is 0.292. The number of aryl methyl sites for hydroxylation is 2. The highest BCUT2D eigenvalue weighted by Crippen LogP contribution is 2.08. The number of benzene rings is 1. The monoisotopic (exact) mass is 451 g/mol. The number of amides is 1. The van der Waals surface area contributed by atoms with Gasteiger partial charge in [0, 0.05) is 25.4 Å². The largest absolute Gasteiger partial charge is 0.400 e. The van der Waals surface area contributed by atoms with Crippen LogP contribution in [-0.4, -0.2) is 50.0 Å². The number of aromatic amines is 1. The van der Waals surface area contributed by atoms with E-state index >= 15 is 0 Å². The molecule has 33 heavy (non-hydrogen) atoms. The average Bonchev–Trinajstić information content (AvgIpc) is 2.91. The first-order chi connectivity index (χ1) is 16.0. The van der Waals surface area contributed by atoms with Crippen molar-refractivity contribution in [2.45, 2.75) is 39.3 Å². The Morgan fingerprint density at radius 1 is 1.21 bits per heavy atom. The molecule has 0 saturated carbocycles. The van der Waals surface area contributed by atoms with Gasteiger partial charge in [0.1, 0.15) is 18.7 Å². The number of nitrogens with one attached hydrogen (secondary N) is 2. The van der Waals surface area contributed by atoms with E-state index in [0.29, 0.717) is 23.1 Å². The number of aldehydes is 1. The van der Waals surface area contributed by atoms with Gasteiger partial charge in [0.15, 0.2) is 0 Å². The third-order valence-corrected chi connectivity index (χ3v) is 4.76. The van der Waals surface area contributed by atoms with Crippen LogP contribution in [0.15, 0.2) is 59.7 Å². The Hall–Kier alpha value is -3.85. The molecule has 1 aromatic carbocycles. The fourth-order valence-electron chi connectivity index (χ4n) is 3.26. The standard InChI is InChI=1S/C23H25N5O3.CH4O/c1-3-17-7-6-10-24-21(26-16(2)11-17)12-18(15-29)27-22(30)14-28-20-9-5-4-8-19(20)25-13-23(28)31;1-2/h4-11,13,15,18H,3,12,14H2,1-2H3,(H,24,26)(H,27,30);2H,1H3/t18-;/m1./s1. The van der Waals surface area contributed by atoms with Gasteiger partial charge in [0.2, 0.25) is 5.91 Å². The van der Waals surface area contributed by atoms with Crippen molar-refractivity contribution in [2.75, 3.05) is 7.11 Å². The number of nitrogens with zero attached hydrogens (tertiary/aromatic N) is 3. The Labute approximate surface area is 191 Å². The lowest BCUT2D eigenvalue weighted by molar-refractivity contribution is -0.124. The molecule has 0 radical (unpaired) electrons. The molecule has 3 aromatic rings. The summed E-state index contributed by atoms with van der Waals surface area (Å²) in [6.07, 6.45) is 4.58. The van der Waals surface area contributed by atoms with Gasteiger partial charge in [-0.3, -0.25) is 14.2 Å². The Balaban J connectivity index is 0.00000187. The number of rotatable bonds is 7. The summed E-state index contributed by atoms with van der Waals surface area (Å²) in [4.78, 5) is 48.1. The van der Waals surface area contributed by atoms with Crippen molar-refractivity contribution >= 4 is 23.2 Å². The van der Waals surface area contributed by atoms with Crippen molar-refractivity contribution < 1.29 is 14.7 Å². The van der Waals surface area contributed by atoms with Crippen LogP contribution in [0, 0.1) is 6.92 Å². The molecule has 3 rings (SSSR count). The summed E-state index contributed by atoms with van der Waals surface area (Å²) in [5.41, 5.74) is 2.82. The Morgan fingerprint density at radius 2 is 1.97 bits per heavy atom. The van der Waals surface area contributed by atoms with Gasteiger partial charge < -0.3 is 20.2 Å². The van der Waals surface area contributed by atoms with Gasteiger partial charge in [-0.15, -0.1) is 0 Å². The number of carbonyl (C=O) groups excluding carboxylic acids is 2. The normalized spacial score (nSPS) is 11.0. The number of fused-ring (bicyclic) bond motifs is 1. The van der Waals surface area contributed by atoms with Crippen LogP contribution in [0.3, 0.4) is 0 Å². The summed E-state index contributed by atoms with van der Waals surface area (Å²) in [6, 6.07) is 12.1. The van der Waals surface area contributed by atoms with Gasteiger partial charge in [-0.05, 0) is 43.2 Å². The zero-order valence-electron chi connectivity index (χ0n) is 19.0. The van der Waals surface area contributed by atoms with Gasteiger partial charge in [0.25, 0.3) is 5.56 Å². The van der Waals surface area contributed by atoms with Crippen LogP contribution < -0.4 is 10.9 Å². The highest BCUT2D eigenvalue weighted by atomic mass is 16.2. The van der Waals surface area contributed by atoms with Gasteiger partial charge in [-0.1, -0.05) is 25.1 Å². The van der Waals surface area contributed by atoms with Crippen molar-refractivity contribution in [3.05, 3.63) is 82.3 Å². The number of H-pyrrole nitrogens is 1. The van der Waals surface area contributed by atoms with E-state index in [-0.39, 0.29) is 18.5 Å². The van der Waals surface area contributed by atoms with Crippen molar-refractivity contribution in [3.8, 4) is 0 Å². The van der Waals surface area contributed by atoms with Crippen molar-refractivity contribution in [2.24, 2.45) is 0 Å². The minimum atomic E-state index is -0.789. The van der Waals surface area contributed by atoms with Crippen molar-refractivity contribution in [1.82, 2.24) is 24.8 Å². The molecule has 0 aliphatic rings. The van der Waals surface area contributed by atoms with E-state index in [9.17, 15) is 14.4 Å². The van der Waals surface area contributed by atoms with Crippen LogP contribution in [-0.2, 0) is 29.0 Å². The Kier molecular flexibility index (Phi) is 9.91. The van der Waals surface area contributed by atoms with Crippen LogP contribution >= 0.6 is 0 Å². The highest BCUT2D eigenvalue weighted by molar-refractivity contribution is 5.82. The molecule has 0 aliphatic heterocycles. The van der Waals surface area contributed by atoms with E-state index in [0.717, 1.165) is 24.8 Å². The van der Waals surface area contributed by atoms with E-state index < -0.39 is 11.9 Å². The second kappa shape index (κ2) is 12.9. The van der Waals surface area contributed by atoms with E-state index in [1.807, 2.05) is 25.1 Å². The predicted molar refractivity (Wildman–Crippen MR) is 126 cm³/mol. The van der Waals surface area contributed by atoms with Crippen LogP contribution in [0.1, 0.15) is 24.0 Å². The third kappa shape index (κ3) is 7.36. The summed E-state index contributed by atoms with van der Waals surface area (Å²) < 4.78 is 1.34. The van der Waals surface area contributed by atoms with E-state index in [2.05, 4.69) is 27.2 Å². The van der Waals surface area contributed by atoms with E-state index in [1.54, 1.807) is 30.5 Å². The lowest BCUT2D eigenvalue weighted by Crippen LogP contribution is -2.41. The first kappa shape index (κ1) is 25.4. The van der Waals surface area contributed by atoms with Gasteiger partial charge in [0.05, 0.1) is 23.3 Å². The Morgan fingerprint density at radius 3 is 2.70 bits per heavy atom. The number of aliphatic hydroxyl groups excluding tert-OH is 1. The minimum Gasteiger partial charge on any atom is -0.400 e. The molecule has 0 unspecified atom stereocenters. The molecule has 2 aromatic heterocycles. The number of hydrogen-bond acceptors (Lipinski definition) is 6. The highest BCUT2D eigenvalue weighted by Gasteiger charge is 2.15. The fourth-order valence-corrected chi connectivity index (χ4v) is 3.26. The zero-order valence-corrected chi connectivity index (χ0v) is 19.0. The molecular formula is C24H29N5O4. The summed E-state index contributed by atoms with van der Waals surface area (Å²) in [5.74, 6) is 0.108. The molecule has 3 N–H and O–H groups in total. The Bertz CT molecular complexity index is 1200. The summed E-state index contributed by atoms with van der Waals surface area (Å²) in [6.45, 7) is 3.77. The molecule has 0 spiro atoms. The first-order valence-corrected chi connectivity index (χ1v) is 10.5. The summed E-state index contributed by atoms with van der Waals surface area (Å²) in [5, 5.41) is 9.68. The number of para-hydroxylation sites is 2. The topological polar surface area (TPSA) is 130 Å². The van der Waals surface area contributed by atoms with Crippen molar-refractivity contribution in [1.29, 1.82) is 0 Å². The van der Waals surface area contributed by atoms with E-state index in [4.69, 9.17) is 5.11 Å². The van der Waals surface area contributed by atoms with Crippen LogP contribution in [0.2, 0.25) is 0 Å². The van der Waals surface area contributed by atoms with Gasteiger partial charge >= 0.3 is 0 Å². The van der Waals surface area contributed by atoms with E-state index in [1.165, 1.54) is 10.8 Å². The maximum absolute atomic E-state index is 12.6. The lowest BCUT2D eigenvalue weighted by atomic mass is 10.2. The molecule has 2 heterocycles. The summed E-state index contributed by atoms with van der Waals surface area (Å²) >= 11 is 0. The molecular weight excluding hydrogens is 422 g/mol. The molecule has 9 nitrogen and oxygen atoms in total. The van der Waals surface area contributed by atoms with Gasteiger partial charge in [-0.2, -0.15) is 0 Å². The van der Waals surface area contributed by atoms with Gasteiger partial charge in [-0.25, -0.2) is 9.97 Å². The third-order valence-electron chi connectivity index (χ3n) is 4.76. The first-order valence-electron chi connectivity index (χ1n) is 10.5. The quantitative estimate of drug-likeness (QED) is 0.468.